The lowest BCUT2D eigenvalue weighted by Crippen LogP contribution is -2.44. The molecule has 6 heteroatoms. The highest BCUT2D eigenvalue weighted by molar-refractivity contribution is 5.99. The van der Waals surface area contributed by atoms with Crippen LogP contribution in [-0.2, 0) is 20.4 Å². The Bertz CT molecular complexity index is 1080. The van der Waals surface area contributed by atoms with Gasteiger partial charge < -0.3 is 15.8 Å². The number of nitrogens with two attached hydrogens (primary N) is 1. The van der Waals surface area contributed by atoms with Gasteiger partial charge in [0.05, 0.1) is 5.41 Å². The normalized spacial score (nSPS) is 15.8. The van der Waals surface area contributed by atoms with E-state index in [4.69, 9.17) is 10.5 Å². The van der Waals surface area contributed by atoms with Crippen LogP contribution in [0.15, 0.2) is 60.9 Å². The van der Waals surface area contributed by atoms with Crippen LogP contribution in [0, 0.1) is 0 Å². The number of hydrogen-bond acceptors (Lipinski definition) is 5. The minimum absolute atomic E-state index is 0.00965. The number of carbonyl (C=O) groups is 1. The van der Waals surface area contributed by atoms with Crippen LogP contribution in [-0.4, -0.2) is 29.1 Å². The number of ether oxygens (including phenoxy) is 1. The predicted molar refractivity (Wildman–Crippen MR) is 127 cm³/mol. The molecule has 32 heavy (non-hydrogen) atoms. The Morgan fingerprint density at radius 3 is 2.28 bits per heavy atom. The van der Waals surface area contributed by atoms with Crippen molar-refractivity contribution in [2.45, 2.75) is 44.4 Å². The third kappa shape index (κ3) is 4.50. The van der Waals surface area contributed by atoms with E-state index in [1.54, 1.807) is 12.4 Å². The summed E-state index contributed by atoms with van der Waals surface area (Å²) in [6.07, 6.45) is 4.69. The fourth-order valence-corrected chi connectivity index (χ4v) is 4.15. The summed E-state index contributed by atoms with van der Waals surface area (Å²) >= 11 is 0. The molecule has 166 valence electrons. The molecule has 1 amide bonds. The molecule has 0 spiro atoms. The van der Waals surface area contributed by atoms with Crippen LogP contribution >= 0.6 is 0 Å². The van der Waals surface area contributed by atoms with Gasteiger partial charge in [0.25, 0.3) is 0 Å². The van der Waals surface area contributed by atoms with Gasteiger partial charge in [-0.3, -0.25) is 4.79 Å². The van der Waals surface area contributed by atoms with Gasteiger partial charge >= 0.3 is 0 Å². The van der Waals surface area contributed by atoms with Crippen molar-refractivity contribution in [1.82, 2.24) is 9.97 Å². The minimum atomic E-state index is -0.633. The molecule has 0 aliphatic carbocycles. The zero-order valence-corrected chi connectivity index (χ0v) is 18.9. The van der Waals surface area contributed by atoms with E-state index in [1.807, 2.05) is 36.4 Å². The zero-order valence-electron chi connectivity index (χ0n) is 18.9. The van der Waals surface area contributed by atoms with Gasteiger partial charge in [-0.2, -0.15) is 0 Å². The zero-order chi connectivity index (χ0) is 22.8. The number of nitrogens with zero attached hydrogens (tertiary/aromatic N) is 2. The number of benzene rings is 2. The van der Waals surface area contributed by atoms with E-state index in [0.29, 0.717) is 26.1 Å². The largest absolute Gasteiger partial charge is 0.381 e. The van der Waals surface area contributed by atoms with Crippen LogP contribution in [0.5, 0.6) is 0 Å². The molecular weight excluding hydrogens is 400 g/mol. The maximum absolute atomic E-state index is 13.6. The smallest absolute Gasteiger partial charge is 0.235 e. The number of nitrogens with one attached hydrogen (secondary N) is 1. The molecule has 1 aliphatic rings. The summed E-state index contributed by atoms with van der Waals surface area (Å²) in [6.45, 7) is 7.62. The summed E-state index contributed by atoms with van der Waals surface area (Å²) in [7, 11) is 0. The molecule has 2 aromatic carbocycles. The topological polar surface area (TPSA) is 90.1 Å². The number of nitrogen functional groups attached to an aromatic ring is 1. The Balaban J connectivity index is 1.62. The molecule has 0 atom stereocenters. The van der Waals surface area contributed by atoms with Gasteiger partial charge in [-0.15, -0.1) is 0 Å². The molecule has 0 radical (unpaired) electrons. The van der Waals surface area contributed by atoms with Crippen molar-refractivity contribution >= 4 is 17.5 Å². The van der Waals surface area contributed by atoms with Crippen LogP contribution in [0.25, 0.3) is 11.1 Å². The summed E-state index contributed by atoms with van der Waals surface area (Å²) < 4.78 is 5.61. The predicted octanol–water partition coefficient (Wildman–Crippen LogP) is 4.71. The fraction of sp³-hybridized carbons (Fsp3) is 0.346. The van der Waals surface area contributed by atoms with Crippen molar-refractivity contribution in [1.29, 1.82) is 0 Å². The standard InChI is InChI=1S/C26H30N4O2/c1-25(2,3)21-5-4-6-22(15-21)30-23(31)26(11-13-32-14-12-26)20-9-7-18(8-10-20)19-16-28-24(27)29-17-19/h4-10,15-17H,11-14H2,1-3H3,(H,30,31)(H2,27,28,29). The van der Waals surface area contributed by atoms with E-state index in [-0.39, 0.29) is 17.3 Å². The molecule has 2 heterocycles. The van der Waals surface area contributed by atoms with Crippen LogP contribution in [0.3, 0.4) is 0 Å². The Morgan fingerprint density at radius 1 is 1.00 bits per heavy atom. The van der Waals surface area contributed by atoms with Gasteiger partial charge in [0, 0.05) is 36.9 Å². The summed E-state index contributed by atoms with van der Waals surface area (Å²) in [5, 5.41) is 3.19. The van der Waals surface area contributed by atoms with Crippen LogP contribution < -0.4 is 11.1 Å². The third-order valence-electron chi connectivity index (χ3n) is 6.21. The molecule has 3 aromatic rings. The third-order valence-corrected chi connectivity index (χ3v) is 6.21. The van der Waals surface area contributed by atoms with E-state index < -0.39 is 5.41 Å². The highest BCUT2D eigenvalue weighted by Gasteiger charge is 2.41. The van der Waals surface area contributed by atoms with Crippen LogP contribution in [0.1, 0.15) is 44.7 Å². The first-order valence-electron chi connectivity index (χ1n) is 11.0. The first kappa shape index (κ1) is 22.0. The van der Waals surface area contributed by atoms with E-state index in [9.17, 15) is 4.79 Å². The number of anilines is 2. The Kier molecular flexibility index (Phi) is 5.98. The number of carbonyl (C=O) groups excluding carboxylic acids is 1. The lowest BCUT2D eigenvalue weighted by Gasteiger charge is -2.36. The van der Waals surface area contributed by atoms with Crippen molar-refractivity contribution in [2.75, 3.05) is 24.3 Å². The fourth-order valence-electron chi connectivity index (χ4n) is 4.15. The first-order valence-corrected chi connectivity index (χ1v) is 11.0. The molecule has 1 fully saturated rings. The molecule has 0 saturated carbocycles. The molecular formula is C26H30N4O2. The number of rotatable bonds is 4. The minimum Gasteiger partial charge on any atom is -0.381 e. The van der Waals surface area contributed by atoms with Gasteiger partial charge in [0.2, 0.25) is 11.9 Å². The Labute approximate surface area is 189 Å². The molecule has 0 unspecified atom stereocenters. The number of aromatic nitrogens is 2. The quantitative estimate of drug-likeness (QED) is 0.626. The van der Waals surface area contributed by atoms with E-state index in [1.165, 1.54) is 5.56 Å². The Hall–Kier alpha value is -3.25. The lowest BCUT2D eigenvalue weighted by molar-refractivity contribution is -0.125. The summed E-state index contributed by atoms with van der Waals surface area (Å²) in [5.41, 5.74) is 9.84. The summed E-state index contributed by atoms with van der Waals surface area (Å²) in [6, 6.07) is 16.2. The average molecular weight is 431 g/mol. The van der Waals surface area contributed by atoms with Crippen molar-refractivity contribution in [3.8, 4) is 11.1 Å². The number of hydrogen-bond donors (Lipinski definition) is 2. The lowest BCUT2D eigenvalue weighted by atomic mass is 9.73. The molecule has 1 saturated heterocycles. The summed E-state index contributed by atoms with van der Waals surface area (Å²) in [4.78, 5) is 21.8. The summed E-state index contributed by atoms with van der Waals surface area (Å²) in [5.74, 6) is 0.258. The molecule has 3 N–H and O–H groups in total. The van der Waals surface area contributed by atoms with Crippen LogP contribution in [0.4, 0.5) is 11.6 Å². The van der Waals surface area contributed by atoms with Gasteiger partial charge in [-0.1, -0.05) is 57.2 Å². The molecule has 1 aliphatic heterocycles. The van der Waals surface area contributed by atoms with Gasteiger partial charge in [-0.25, -0.2) is 9.97 Å². The van der Waals surface area contributed by atoms with Crippen molar-refractivity contribution in [2.24, 2.45) is 0 Å². The van der Waals surface area contributed by atoms with E-state index >= 15 is 0 Å². The molecule has 4 rings (SSSR count). The molecule has 1 aromatic heterocycles. The monoisotopic (exact) mass is 430 g/mol. The van der Waals surface area contributed by atoms with E-state index in [2.05, 4.69) is 48.2 Å². The van der Waals surface area contributed by atoms with Crippen LogP contribution in [0.2, 0.25) is 0 Å². The van der Waals surface area contributed by atoms with Gasteiger partial charge in [0.15, 0.2) is 0 Å². The highest BCUT2D eigenvalue weighted by Crippen LogP contribution is 2.37. The second-order valence-corrected chi connectivity index (χ2v) is 9.39. The maximum atomic E-state index is 13.6. The van der Waals surface area contributed by atoms with Crippen molar-refractivity contribution in [3.05, 3.63) is 72.1 Å². The van der Waals surface area contributed by atoms with Gasteiger partial charge in [-0.05, 0) is 47.1 Å². The Morgan fingerprint density at radius 2 is 1.66 bits per heavy atom. The van der Waals surface area contributed by atoms with Gasteiger partial charge in [0.1, 0.15) is 0 Å². The van der Waals surface area contributed by atoms with E-state index in [0.717, 1.165) is 22.4 Å². The maximum Gasteiger partial charge on any atom is 0.235 e. The molecule has 0 bridgehead atoms. The average Bonchev–Trinajstić information content (AvgIpc) is 2.80. The second kappa shape index (κ2) is 8.71. The second-order valence-electron chi connectivity index (χ2n) is 9.39. The SMILES string of the molecule is CC(C)(C)c1cccc(NC(=O)C2(c3ccc(-c4cnc(N)nc4)cc3)CCOCC2)c1. The van der Waals surface area contributed by atoms with Crippen molar-refractivity contribution in [3.63, 3.8) is 0 Å². The van der Waals surface area contributed by atoms with Crippen molar-refractivity contribution < 1.29 is 9.53 Å². The molecule has 6 nitrogen and oxygen atoms in total. The highest BCUT2D eigenvalue weighted by atomic mass is 16.5. The number of amides is 1. The first-order chi connectivity index (χ1) is 15.3.